The Morgan fingerprint density at radius 1 is 1.33 bits per heavy atom. The van der Waals surface area contributed by atoms with E-state index in [1.807, 2.05) is 17.5 Å². The van der Waals surface area contributed by atoms with Gasteiger partial charge in [-0.05, 0) is 29.1 Å². The predicted molar refractivity (Wildman–Crippen MR) is 98.7 cm³/mol. The van der Waals surface area contributed by atoms with Gasteiger partial charge in [-0.3, -0.25) is 0 Å². The van der Waals surface area contributed by atoms with Crippen LogP contribution < -0.4 is 5.32 Å². The number of amides is 2. The molecule has 0 unspecified atom stereocenters. The molecule has 0 radical (unpaired) electrons. The Kier molecular flexibility index (Phi) is 5.17. The number of nitrogens with one attached hydrogen (secondary N) is 1. The number of oxazole rings is 1. The molecule has 1 aliphatic rings. The average Bonchev–Trinajstić information content (AvgIpc) is 3.38. The van der Waals surface area contributed by atoms with Gasteiger partial charge in [0.25, 0.3) is 0 Å². The number of urea groups is 1. The summed E-state index contributed by atoms with van der Waals surface area (Å²) in [5.74, 6) is 0.260. The molecule has 2 amide bonds. The third kappa shape index (κ3) is 4.17. The lowest BCUT2D eigenvalue weighted by atomic mass is 10.1. The summed E-state index contributed by atoms with van der Waals surface area (Å²) in [7, 11) is 0. The van der Waals surface area contributed by atoms with Gasteiger partial charge in [0.15, 0.2) is 0 Å². The van der Waals surface area contributed by atoms with E-state index in [0.717, 1.165) is 10.4 Å². The number of halogens is 1. The van der Waals surface area contributed by atoms with Gasteiger partial charge < -0.3 is 19.4 Å². The molecule has 0 aliphatic carbocycles. The van der Waals surface area contributed by atoms with Crippen LogP contribution in [-0.2, 0) is 11.3 Å². The summed E-state index contributed by atoms with van der Waals surface area (Å²) < 4.78 is 24.3. The summed E-state index contributed by atoms with van der Waals surface area (Å²) in [6.07, 6.45) is 1.29. The van der Waals surface area contributed by atoms with Gasteiger partial charge >= 0.3 is 6.03 Å². The Morgan fingerprint density at radius 2 is 2.19 bits per heavy atom. The van der Waals surface area contributed by atoms with Crippen molar-refractivity contribution in [1.82, 2.24) is 15.2 Å². The lowest BCUT2D eigenvalue weighted by Crippen LogP contribution is -2.47. The smallest absolute Gasteiger partial charge is 0.317 e. The minimum Gasteiger partial charge on any atom is -0.443 e. The molecule has 1 fully saturated rings. The molecule has 3 heterocycles. The highest BCUT2D eigenvalue weighted by molar-refractivity contribution is 7.13. The molecule has 0 saturated carbocycles. The highest BCUT2D eigenvalue weighted by Crippen LogP contribution is 2.24. The van der Waals surface area contributed by atoms with Gasteiger partial charge in [-0.1, -0.05) is 18.2 Å². The maximum Gasteiger partial charge on any atom is 0.317 e. The molecule has 4 rings (SSSR count). The van der Waals surface area contributed by atoms with Crippen LogP contribution in [-0.4, -0.2) is 35.6 Å². The van der Waals surface area contributed by atoms with Crippen molar-refractivity contribution in [2.75, 3.05) is 19.7 Å². The number of thiophene rings is 1. The largest absolute Gasteiger partial charge is 0.443 e. The molecular formula is C19H18FN3O3S. The van der Waals surface area contributed by atoms with Crippen LogP contribution >= 0.6 is 11.3 Å². The van der Waals surface area contributed by atoms with Gasteiger partial charge in [0.05, 0.1) is 30.3 Å². The monoisotopic (exact) mass is 387 g/mol. The van der Waals surface area contributed by atoms with Crippen molar-refractivity contribution in [3.8, 4) is 10.8 Å². The van der Waals surface area contributed by atoms with E-state index in [0.29, 0.717) is 31.3 Å². The van der Waals surface area contributed by atoms with Crippen LogP contribution in [0.15, 0.2) is 52.5 Å². The molecule has 1 aliphatic heterocycles. The summed E-state index contributed by atoms with van der Waals surface area (Å²) in [6.45, 7) is 1.63. The molecule has 6 nitrogen and oxygen atoms in total. The zero-order valence-electron chi connectivity index (χ0n) is 14.4. The Morgan fingerprint density at radius 3 is 2.96 bits per heavy atom. The van der Waals surface area contributed by atoms with Crippen molar-refractivity contribution in [2.24, 2.45) is 0 Å². The number of hydrogen-bond acceptors (Lipinski definition) is 5. The first-order valence-electron chi connectivity index (χ1n) is 8.57. The maximum atomic E-state index is 13.1. The molecule has 0 spiro atoms. The Balaban J connectivity index is 1.33. The van der Waals surface area contributed by atoms with E-state index in [1.54, 1.807) is 34.6 Å². The number of aromatic nitrogens is 1. The highest BCUT2D eigenvalue weighted by atomic mass is 32.1. The summed E-state index contributed by atoms with van der Waals surface area (Å²) in [5.41, 5.74) is 1.51. The van der Waals surface area contributed by atoms with E-state index in [1.165, 1.54) is 12.1 Å². The standard InChI is InChI=1S/C19H18FN3O3S/c20-14-5-3-13(4-6-14)16-11-23(7-8-25-16)19(24)21-10-15-12-26-18(22-15)17-2-1-9-27-17/h1-6,9,12,16H,7-8,10-11H2,(H,21,24)/t16-/m1/s1. The molecule has 3 aromatic rings. The fourth-order valence-electron chi connectivity index (χ4n) is 2.89. The van der Waals surface area contributed by atoms with E-state index in [9.17, 15) is 9.18 Å². The lowest BCUT2D eigenvalue weighted by molar-refractivity contribution is -0.0155. The molecule has 1 atom stereocenters. The van der Waals surface area contributed by atoms with E-state index in [2.05, 4.69) is 10.3 Å². The fourth-order valence-corrected chi connectivity index (χ4v) is 3.55. The van der Waals surface area contributed by atoms with Gasteiger partial charge in [-0.15, -0.1) is 11.3 Å². The first-order chi connectivity index (χ1) is 13.2. The molecule has 1 N–H and O–H groups in total. The van der Waals surface area contributed by atoms with Crippen LogP contribution in [0.2, 0.25) is 0 Å². The van der Waals surface area contributed by atoms with E-state index in [4.69, 9.17) is 9.15 Å². The van der Waals surface area contributed by atoms with Crippen molar-refractivity contribution >= 4 is 17.4 Å². The number of ether oxygens (including phenoxy) is 1. The second-order valence-electron chi connectivity index (χ2n) is 6.14. The quantitative estimate of drug-likeness (QED) is 0.739. The maximum absolute atomic E-state index is 13.1. The average molecular weight is 387 g/mol. The summed E-state index contributed by atoms with van der Waals surface area (Å²) >= 11 is 1.55. The van der Waals surface area contributed by atoms with Crippen molar-refractivity contribution in [3.05, 3.63) is 65.1 Å². The van der Waals surface area contributed by atoms with Gasteiger partial charge in [-0.2, -0.15) is 0 Å². The van der Waals surface area contributed by atoms with Gasteiger partial charge in [0.2, 0.25) is 5.89 Å². The number of benzene rings is 1. The topological polar surface area (TPSA) is 67.6 Å². The van der Waals surface area contributed by atoms with Gasteiger partial charge in [0.1, 0.15) is 18.2 Å². The van der Waals surface area contributed by atoms with Crippen molar-refractivity contribution in [2.45, 2.75) is 12.6 Å². The SMILES string of the molecule is O=C(NCc1coc(-c2cccs2)n1)N1CCO[C@@H](c2ccc(F)cc2)C1. The number of carbonyl (C=O) groups is 1. The highest BCUT2D eigenvalue weighted by Gasteiger charge is 2.25. The van der Waals surface area contributed by atoms with Crippen molar-refractivity contribution in [1.29, 1.82) is 0 Å². The lowest BCUT2D eigenvalue weighted by Gasteiger charge is -2.33. The Hall–Kier alpha value is -2.71. The zero-order chi connectivity index (χ0) is 18.6. The Labute approximate surface area is 159 Å². The third-order valence-electron chi connectivity index (χ3n) is 4.30. The van der Waals surface area contributed by atoms with Crippen LogP contribution in [0.4, 0.5) is 9.18 Å². The van der Waals surface area contributed by atoms with E-state index >= 15 is 0 Å². The molecule has 27 heavy (non-hydrogen) atoms. The summed E-state index contributed by atoms with van der Waals surface area (Å²) in [5, 5.41) is 4.82. The number of carbonyl (C=O) groups excluding carboxylic acids is 1. The number of hydrogen-bond donors (Lipinski definition) is 1. The minimum absolute atomic E-state index is 0.189. The first-order valence-corrected chi connectivity index (χ1v) is 9.45. The third-order valence-corrected chi connectivity index (χ3v) is 5.16. The normalized spacial score (nSPS) is 17.1. The number of rotatable bonds is 4. The molecule has 2 aromatic heterocycles. The van der Waals surface area contributed by atoms with E-state index in [-0.39, 0.29) is 24.5 Å². The molecular weight excluding hydrogens is 369 g/mol. The summed E-state index contributed by atoms with van der Waals surface area (Å²) in [6, 6.07) is 9.84. The number of morpholine rings is 1. The first kappa shape index (κ1) is 17.7. The van der Waals surface area contributed by atoms with Gasteiger partial charge in [0, 0.05) is 6.54 Å². The zero-order valence-corrected chi connectivity index (χ0v) is 15.2. The van der Waals surface area contributed by atoms with Crippen molar-refractivity contribution < 1.29 is 18.3 Å². The predicted octanol–water partition coefficient (Wildman–Crippen LogP) is 3.83. The van der Waals surface area contributed by atoms with Crippen LogP contribution in [0.25, 0.3) is 10.8 Å². The van der Waals surface area contributed by atoms with E-state index < -0.39 is 0 Å². The fraction of sp³-hybridized carbons (Fsp3) is 0.263. The second-order valence-corrected chi connectivity index (χ2v) is 7.08. The summed E-state index contributed by atoms with van der Waals surface area (Å²) in [4.78, 5) is 19.5. The molecule has 0 bridgehead atoms. The molecule has 8 heteroatoms. The van der Waals surface area contributed by atoms with Crippen LogP contribution in [0.3, 0.4) is 0 Å². The second kappa shape index (κ2) is 7.89. The molecule has 140 valence electrons. The van der Waals surface area contributed by atoms with Crippen molar-refractivity contribution in [3.63, 3.8) is 0 Å². The molecule has 1 saturated heterocycles. The number of nitrogens with zero attached hydrogens (tertiary/aromatic N) is 2. The van der Waals surface area contributed by atoms with Gasteiger partial charge in [-0.25, -0.2) is 14.2 Å². The Bertz CT molecular complexity index is 895. The van der Waals surface area contributed by atoms with Crippen LogP contribution in [0.5, 0.6) is 0 Å². The minimum atomic E-state index is -0.293. The van der Waals surface area contributed by atoms with Crippen LogP contribution in [0.1, 0.15) is 17.4 Å². The van der Waals surface area contributed by atoms with Crippen LogP contribution in [0, 0.1) is 5.82 Å². The molecule has 1 aromatic carbocycles.